The summed E-state index contributed by atoms with van der Waals surface area (Å²) >= 11 is 0. The van der Waals surface area contributed by atoms with Crippen LogP contribution in [0.5, 0.6) is 5.75 Å². The average Bonchev–Trinajstić information content (AvgIpc) is 2.97. The van der Waals surface area contributed by atoms with Gasteiger partial charge in [0.1, 0.15) is 21.7 Å². The van der Waals surface area contributed by atoms with Gasteiger partial charge in [-0.25, -0.2) is 12.8 Å². The topological polar surface area (TPSA) is 118 Å². The molecule has 1 amide bonds. The van der Waals surface area contributed by atoms with Crippen molar-refractivity contribution >= 4 is 21.7 Å². The second-order valence-electron chi connectivity index (χ2n) is 10.9. The third-order valence-electron chi connectivity index (χ3n) is 8.61. The molecule has 7 nitrogen and oxygen atoms in total. The lowest BCUT2D eigenvalue weighted by Gasteiger charge is -2.59. The number of halogens is 1. The third-order valence-corrected chi connectivity index (χ3v) is 9.46. The van der Waals surface area contributed by atoms with Crippen LogP contribution in [0.2, 0.25) is 0 Å². The minimum Gasteiger partial charge on any atom is -0.744 e. The van der Waals surface area contributed by atoms with Gasteiger partial charge < -0.3 is 19.7 Å². The number of hydrogen-bond donors (Lipinski definition) is 2. The number of hydrogen-bond acceptors (Lipinski definition) is 6. The number of carbonyl (C=O) groups excluding carboxylic acids is 1. The van der Waals surface area contributed by atoms with E-state index in [-0.39, 0.29) is 22.4 Å². The van der Waals surface area contributed by atoms with Crippen LogP contribution in [-0.4, -0.2) is 29.1 Å². The molecule has 1 saturated carbocycles. The van der Waals surface area contributed by atoms with Crippen molar-refractivity contribution < 1.29 is 32.4 Å². The maximum atomic E-state index is 13.9. The van der Waals surface area contributed by atoms with Crippen LogP contribution < -0.4 is 4.90 Å². The molecule has 0 bridgehead atoms. The number of benzene rings is 4. The number of aliphatic hydroxyl groups is 1. The first-order valence-electron chi connectivity index (χ1n) is 13.3. The summed E-state index contributed by atoms with van der Waals surface area (Å²) in [5.41, 5.74) is 1.06. The maximum absolute atomic E-state index is 13.9. The van der Waals surface area contributed by atoms with Gasteiger partial charge in [-0.15, -0.1) is 0 Å². The van der Waals surface area contributed by atoms with E-state index < -0.39 is 27.2 Å². The smallest absolute Gasteiger partial charge is 0.236 e. The summed E-state index contributed by atoms with van der Waals surface area (Å²) in [6.45, 7) is 0. The summed E-state index contributed by atoms with van der Waals surface area (Å²) in [5, 5.41) is 22.7. The van der Waals surface area contributed by atoms with E-state index in [2.05, 4.69) is 0 Å². The fourth-order valence-electron chi connectivity index (χ4n) is 6.36. The molecule has 4 aromatic carbocycles. The largest absolute Gasteiger partial charge is 0.744 e. The van der Waals surface area contributed by atoms with Crippen molar-refractivity contribution in [2.45, 2.75) is 42.2 Å². The highest BCUT2D eigenvalue weighted by molar-refractivity contribution is 7.85. The van der Waals surface area contributed by atoms with Gasteiger partial charge in [0, 0.05) is 11.3 Å². The van der Waals surface area contributed by atoms with Crippen LogP contribution >= 0.6 is 0 Å². The van der Waals surface area contributed by atoms with Gasteiger partial charge in [0.15, 0.2) is 0 Å². The molecule has 1 aliphatic carbocycles. The summed E-state index contributed by atoms with van der Waals surface area (Å²) in [5.74, 6) is -0.490. The van der Waals surface area contributed by atoms with E-state index in [0.717, 1.165) is 0 Å². The lowest BCUT2D eigenvalue weighted by atomic mass is 9.56. The monoisotopic (exact) mass is 572 g/mol. The Morgan fingerprint density at radius 3 is 2.02 bits per heavy atom. The molecule has 2 aliphatic rings. The van der Waals surface area contributed by atoms with Crippen LogP contribution in [0.15, 0.2) is 102 Å². The number of phenolic OH excluding ortho intramolecular Hbond substituents is 1. The van der Waals surface area contributed by atoms with E-state index in [1.54, 1.807) is 35.2 Å². The Labute approximate surface area is 237 Å². The maximum Gasteiger partial charge on any atom is 0.236 e. The van der Waals surface area contributed by atoms with Crippen molar-refractivity contribution in [3.05, 3.63) is 114 Å². The number of para-hydroxylation sites is 1. The zero-order valence-electron chi connectivity index (χ0n) is 21.9. The van der Waals surface area contributed by atoms with Crippen LogP contribution in [0.25, 0.3) is 11.1 Å². The zero-order valence-corrected chi connectivity index (χ0v) is 22.7. The average molecular weight is 573 g/mol. The minimum atomic E-state index is -4.58. The van der Waals surface area contributed by atoms with Gasteiger partial charge in [0.05, 0.1) is 22.0 Å². The van der Waals surface area contributed by atoms with Crippen molar-refractivity contribution in [1.82, 2.24) is 0 Å². The first-order chi connectivity index (χ1) is 19.5. The molecule has 4 aromatic rings. The lowest BCUT2D eigenvalue weighted by molar-refractivity contribution is -0.149. The summed E-state index contributed by atoms with van der Waals surface area (Å²) in [4.78, 5) is 15.2. The van der Waals surface area contributed by atoms with Gasteiger partial charge in [-0.1, -0.05) is 54.6 Å². The Kier molecular flexibility index (Phi) is 6.48. The molecule has 1 saturated heterocycles. The molecule has 1 atom stereocenters. The van der Waals surface area contributed by atoms with Gasteiger partial charge in [-0.2, -0.15) is 0 Å². The molecule has 2 N–H and O–H groups in total. The number of phenols is 1. The molecule has 1 heterocycles. The summed E-state index contributed by atoms with van der Waals surface area (Å²) < 4.78 is 47.4. The second kappa shape index (κ2) is 9.80. The normalized spacial score (nSPS) is 24.3. The molecule has 9 heteroatoms. The molecule has 1 spiro atoms. The van der Waals surface area contributed by atoms with Crippen LogP contribution in [0.1, 0.15) is 42.9 Å². The second-order valence-corrected chi connectivity index (χ2v) is 12.2. The molecular weight excluding hydrogens is 545 g/mol. The molecule has 6 rings (SSSR count). The number of nitrogens with zero attached hydrogens (tertiary/aromatic N) is 1. The Hall–Kier alpha value is -4.05. The summed E-state index contributed by atoms with van der Waals surface area (Å²) in [7, 11) is -4.58. The molecule has 0 aromatic heterocycles. The summed E-state index contributed by atoms with van der Waals surface area (Å²) in [6, 6.07) is 25.1. The van der Waals surface area contributed by atoms with Crippen molar-refractivity contribution in [3.8, 4) is 16.9 Å². The fourth-order valence-corrected chi connectivity index (χ4v) is 6.83. The fraction of sp³-hybridized carbons (Fsp3) is 0.219. The van der Waals surface area contributed by atoms with E-state index in [1.807, 2.05) is 30.3 Å². The van der Waals surface area contributed by atoms with E-state index in [0.29, 0.717) is 53.6 Å². The van der Waals surface area contributed by atoms with Gasteiger partial charge >= 0.3 is 0 Å². The van der Waals surface area contributed by atoms with Crippen LogP contribution in [0.4, 0.5) is 10.1 Å². The molecule has 41 heavy (non-hydrogen) atoms. The Morgan fingerprint density at radius 1 is 0.829 bits per heavy atom. The predicted molar refractivity (Wildman–Crippen MR) is 149 cm³/mol. The molecule has 1 aliphatic heterocycles. The van der Waals surface area contributed by atoms with Gasteiger partial charge in [0.25, 0.3) is 0 Å². The number of β-lactam (4-membered cyclic amide) rings is 1. The third kappa shape index (κ3) is 4.60. The highest BCUT2D eigenvalue weighted by Crippen LogP contribution is 2.62. The van der Waals surface area contributed by atoms with Crippen LogP contribution in [-0.2, 0) is 20.5 Å². The SMILES string of the molecule is O=C1N(c2ccccc2)[C@H](c2ccc(-c3ccc(S(=O)(=O)[O-])cc3)cc2O)C12CCC(O)(c1ccc(F)cc1)CC2. The molecule has 210 valence electrons. The highest BCUT2D eigenvalue weighted by Gasteiger charge is 2.64. The predicted octanol–water partition coefficient (Wildman–Crippen LogP) is 5.64. The quantitative estimate of drug-likeness (QED) is 0.236. The van der Waals surface area contributed by atoms with Gasteiger partial charge in [-0.05, 0) is 84.8 Å². The van der Waals surface area contributed by atoms with Crippen molar-refractivity contribution in [2.24, 2.45) is 5.41 Å². The number of anilines is 1. The summed E-state index contributed by atoms with van der Waals surface area (Å²) in [6.07, 6.45) is 1.36. The van der Waals surface area contributed by atoms with Gasteiger partial charge in [0.2, 0.25) is 5.91 Å². The van der Waals surface area contributed by atoms with E-state index in [1.165, 1.54) is 36.4 Å². The lowest BCUT2D eigenvalue weighted by Crippen LogP contribution is -2.65. The number of amides is 1. The first kappa shape index (κ1) is 27.1. The van der Waals surface area contributed by atoms with E-state index in [9.17, 15) is 32.4 Å². The first-order valence-corrected chi connectivity index (χ1v) is 14.7. The Morgan fingerprint density at radius 2 is 1.44 bits per heavy atom. The standard InChI is InChI=1S/C32H28FNO6S/c33-24-11-9-23(10-12-24)32(37)18-16-31(17-19-32)29(34(30(31)36)25-4-2-1-3-5-25)27-15-8-22(20-28(27)35)21-6-13-26(14-7-21)41(38,39)40/h1-15,20,29,35,37H,16-19H2,(H,38,39,40)/p-1/t29-,31?,32?/m1/s1. The van der Waals surface area contributed by atoms with Crippen LogP contribution in [0, 0.1) is 11.2 Å². The zero-order chi connectivity index (χ0) is 29.0. The van der Waals surface area contributed by atoms with Crippen molar-refractivity contribution in [3.63, 3.8) is 0 Å². The van der Waals surface area contributed by atoms with Crippen molar-refractivity contribution in [1.29, 1.82) is 0 Å². The molecule has 2 fully saturated rings. The molecular formula is C32H27FNO6S-. The van der Waals surface area contributed by atoms with Crippen molar-refractivity contribution in [2.75, 3.05) is 4.90 Å². The number of rotatable bonds is 5. The highest BCUT2D eigenvalue weighted by atomic mass is 32.2. The van der Waals surface area contributed by atoms with E-state index in [4.69, 9.17) is 0 Å². The Bertz CT molecular complexity index is 1710. The van der Waals surface area contributed by atoms with Gasteiger partial charge in [-0.3, -0.25) is 4.79 Å². The Balaban J connectivity index is 1.35. The van der Waals surface area contributed by atoms with Crippen LogP contribution in [0.3, 0.4) is 0 Å². The molecule has 0 radical (unpaired) electrons. The minimum absolute atomic E-state index is 0.0276. The van der Waals surface area contributed by atoms with E-state index >= 15 is 0 Å². The number of carbonyl (C=O) groups is 1. The molecule has 0 unspecified atom stereocenters. The number of aromatic hydroxyl groups is 1.